The third-order valence-electron chi connectivity index (χ3n) is 4.01. The number of nitrogens with one attached hydrogen (secondary N) is 1. The quantitative estimate of drug-likeness (QED) is 0.916. The Kier molecular flexibility index (Phi) is 5.68. The number of nitrogens with zero attached hydrogens (tertiary/aromatic N) is 2. The van der Waals surface area contributed by atoms with Gasteiger partial charge in [-0.15, -0.1) is 0 Å². The number of benzene rings is 1. The molecular formula is C19H23N3O2. The van der Waals surface area contributed by atoms with Crippen LogP contribution in [0.15, 0.2) is 36.5 Å². The summed E-state index contributed by atoms with van der Waals surface area (Å²) in [5.41, 5.74) is 3.46. The Morgan fingerprint density at radius 2 is 1.71 bits per heavy atom. The monoisotopic (exact) mass is 325 g/mol. The van der Waals surface area contributed by atoms with Crippen molar-refractivity contribution in [1.82, 2.24) is 9.88 Å². The van der Waals surface area contributed by atoms with Gasteiger partial charge in [-0.1, -0.05) is 18.2 Å². The summed E-state index contributed by atoms with van der Waals surface area (Å²) in [5.74, 6) is -0.412. The van der Waals surface area contributed by atoms with E-state index in [0.717, 1.165) is 16.8 Å². The third kappa shape index (κ3) is 3.79. The van der Waals surface area contributed by atoms with Gasteiger partial charge in [0.2, 0.25) is 0 Å². The van der Waals surface area contributed by atoms with Crippen LogP contribution >= 0.6 is 0 Å². The average Bonchev–Trinajstić information content (AvgIpc) is 2.59. The fourth-order valence-electron chi connectivity index (χ4n) is 2.57. The highest BCUT2D eigenvalue weighted by Gasteiger charge is 2.16. The minimum Gasteiger partial charge on any atom is -0.339 e. The van der Waals surface area contributed by atoms with Gasteiger partial charge in [-0.05, 0) is 51.0 Å². The van der Waals surface area contributed by atoms with E-state index in [1.165, 1.54) is 6.20 Å². The topological polar surface area (TPSA) is 62.3 Å². The minimum atomic E-state index is -0.318. The van der Waals surface area contributed by atoms with Gasteiger partial charge in [0.15, 0.2) is 0 Å². The number of aromatic nitrogens is 1. The summed E-state index contributed by atoms with van der Waals surface area (Å²) >= 11 is 0. The average molecular weight is 325 g/mol. The first kappa shape index (κ1) is 17.7. The molecule has 0 spiro atoms. The van der Waals surface area contributed by atoms with Crippen molar-refractivity contribution in [2.45, 2.75) is 27.7 Å². The molecule has 126 valence electrons. The Labute approximate surface area is 142 Å². The maximum absolute atomic E-state index is 12.5. The molecule has 0 fully saturated rings. The van der Waals surface area contributed by atoms with Crippen LogP contribution in [0.4, 0.5) is 5.69 Å². The molecule has 2 amide bonds. The van der Waals surface area contributed by atoms with E-state index >= 15 is 0 Å². The number of hydrogen-bond donors (Lipinski definition) is 1. The molecule has 1 N–H and O–H groups in total. The highest BCUT2D eigenvalue weighted by molar-refractivity contribution is 6.05. The number of aryl methyl sites for hydroxylation is 2. The van der Waals surface area contributed by atoms with Crippen LogP contribution in [0.3, 0.4) is 0 Å². The van der Waals surface area contributed by atoms with Crippen LogP contribution in [0.2, 0.25) is 0 Å². The van der Waals surface area contributed by atoms with Gasteiger partial charge in [0.25, 0.3) is 11.8 Å². The van der Waals surface area contributed by atoms with Crippen molar-refractivity contribution in [3.63, 3.8) is 0 Å². The molecule has 1 aromatic carbocycles. The predicted molar refractivity (Wildman–Crippen MR) is 95.4 cm³/mol. The van der Waals surface area contributed by atoms with E-state index in [4.69, 9.17) is 0 Å². The highest BCUT2D eigenvalue weighted by atomic mass is 16.2. The summed E-state index contributed by atoms with van der Waals surface area (Å²) < 4.78 is 0. The number of hydrogen-bond acceptors (Lipinski definition) is 3. The summed E-state index contributed by atoms with van der Waals surface area (Å²) in [4.78, 5) is 30.7. The Balaban J connectivity index is 2.25. The minimum absolute atomic E-state index is 0.0940. The second-order valence-corrected chi connectivity index (χ2v) is 5.63. The molecule has 0 saturated carbocycles. The summed E-state index contributed by atoms with van der Waals surface area (Å²) in [6, 6.07) is 9.01. The smallest absolute Gasteiger partial charge is 0.274 e. The number of pyridine rings is 1. The standard InChI is InChI=1S/C19H23N3O2/c1-5-22(6-2)19(24)15-10-11-20-16(12-15)18(23)21-17-13(3)8-7-9-14(17)4/h7-12H,5-6H2,1-4H3,(H,21,23). The lowest BCUT2D eigenvalue weighted by molar-refractivity contribution is 0.0773. The molecule has 1 heterocycles. The van der Waals surface area contributed by atoms with Gasteiger partial charge in [-0.3, -0.25) is 14.6 Å². The molecule has 0 atom stereocenters. The molecule has 0 saturated heterocycles. The number of carbonyl (C=O) groups excluding carboxylic acids is 2. The predicted octanol–water partition coefficient (Wildman–Crippen LogP) is 3.43. The van der Waals surface area contributed by atoms with Crippen molar-refractivity contribution in [2.24, 2.45) is 0 Å². The number of rotatable bonds is 5. The molecule has 2 rings (SSSR count). The molecule has 5 heteroatoms. The number of para-hydroxylation sites is 1. The molecule has 0 aliphatic carbocycles. The zero-order chi connectivity index (χ0) is 17.7. The largest absolute Gasteiger partial charge is 0.339 e. The summed E-state index contributed by atoms with van der Waals surface area (Å²) in [5, 5.41) is 2.89. The first-order valence-corrected chi connectivity index (χ1v) is 8.10. The fraction of sp³-hybridized carbons (Fsp3) is 0.316. The van der Waals surface area contributed by atoms with Crippen molar-refractivity contribution < 1.29 is 9.59 Å². The van der Waals surface area contributed by atoms with E-state index in [2.05, 4.69) is 10.3 Å². The molecular weight excluding hydrogens is 302 g/mol. The zero-order valence-corrected chi connectivity index (χ0v) is 14.6. The lowest BCUT2D eigenvalue weighted by atomic mass is 10.1. The SMILES string of the molecule is CCN(CC)C(=O)c1ccnc(C(=O)Nc2c(C)cccc2C)c1. The molecule has 2 aromatic rings. The number of carbonyl (C=O) groups is 2. The summed E-state index contributed by atoms with van der Waals surface area (Å²) in [6.07, 6.45) is 1.50. The maximum atomic E-state index is 12.5. The van der Waals surface area contributed by atoms with Crippen molar-refractivity contribution >= 4 is 17.5 Å². The van der Waals surface area contributed by atoms with E-state index in [0.29, 0.717) is 18.7 Å². The van der Waals surface area contributed by atoms with Crippen molar-refractivity contribution in [2.75, 3.05) is 18.4 Å². The van der Waals surface area contributed by atoms with Crippen LogP contribution in [0.5, 0.6) is 0 Å². The normalized spacial score (nSPS) is 10.3. The lowest BCUT2D eigenvalue weighted by Crippen LogP contribution is -2.30. The molecule has 0 bridgehead atoms. The van der Waals surface area contributed by atoms with Crippen molar-refractivity contribution in [3.05, 3.63) is 58.9 Å². The Morgan fingerprint density at radius 3 is 2.29 bits per heavy atom. The van der Waals surface area contributed by atoms with E-state index in [1.807, 2.05) is 45.9 Å². The first-order chi connectivity index (χ1) is 11.5. The van der Waals surface area contributed by atoms with Crippen LogP contribution in [0, 0.1) is 13.8 Å². The van der Waals surface area contributed by atoms with Gasteiger partial charge < -0.3 is 10.2 Å². The fourth-order valence-corrected chi connectivity index (χ4v) is 2.57. The molecule has 0 aliphatic heterocycles. The van der Waals surface area contributed by atoms with Crippen LogP contribution < -0.4 is 5.32 Å². The van der Waals surface area contributed by atoms with E-state index in [9.17, 15) is 9.59 Å². The van der Waals surface area contributed by atoms with Crippen molar-refractivity contribution in [3.8, 4) is 0 Å². The molecule has 1 aromatic heterocycles. The zero-order valence-electron chi connectivity index (χ0n) is 14.6. The highest BCUT2D eigenvalue weighted by Crippen LogP contribution is 2.20. The van der Waals surface area contributed by atoms with Gasteiger partial charge in [-0.2, -0.15) is 0 Å². The Morgan fingerprint density at radius 1 is 1.08 bits per heavy atom. The maximum Gasteiger partial charge on any atom is 0.274 e. The van der Waals surface area contributed by atoms with Crippen LogP contribution in [0.25, 0.3) is 0 Å². The molecule has 5 nitrogen and oxygen atoms in total. The van der Waals surface area contributed by atoms with E-state index < -0.39 is 0 Å². The third-order valence-corrected chi connectivity index (χ3v) is 4.01. The van der Waals surface area contributed by atoms with Gasteiger partial charge in [0.1, 0.15) is 5.69 Å². The van der Waals surface area contributed by atoms with Crippen molar-refractivity contribution in [1.29, 1.82) is 0 Å². The van der Waals surface area contributed by atoms with Crippen LogP contribution in [-0.4, -0.2) is 34.8 Å². The van der Waals surface area contributed by atoms with E-state index in [1.54, 1.807) is 17.0 Å². The van der Waals surface area contributed by atoms with Crippen LogP contribution in [-0.2, 0) is 0 Å². The molecule has 24 heavy (non-hydrogen) atoms. The van der Waals surface area contributed by atoms with Crippen LogP contribution in [0.1, 0.15) is 45.8 Å². The first-order valence-electron chi connectivity index (χ1n) is 8.10. The second-order valence-electron chi connectivity index (χ2n) is 5.63. The van der Waals surface area contributed by atoms with Gasteiger partial charge >= 0.3 is 0 Å². The molecule has 0 unspecified atom stereocenters. The lowest BCUT2D eigenvalue weighted by Gasteiger charge is -2.18. The van der Waals surface area contributed by atoms with E-state index in [-0.39, 0.29) is 17.5 Å². The number of amides is 2. The van der Waals surface area contributed by atoms with Gasteiger partial charge in [0, 0.05) is 30.5 Å². The summed E-state index contributed by atoms with van der Waals surface area (Å²) in [6.45, 7) is 8.99. The molecule has 0 radical (unpaired) electrons. The Hall–Kier alpha value is -2.69. The molecule has 0 aliphatic rings. The Bertz CT molecular complexity index is 732. The van der Waals surface area contributed by atoms with Gasteiger partial charge in [0.05, 0.1) is 0 Å². The summed E-state index contributed by atoms with van der Waals surface area (Å²) in [7, 11) is 0. The second kappa shape index (κ2) is 7.73. The van der Waals surface area contributed by atoms with Gasteiger partial charge in [-0.25, -0.2) is 0 Å². The number of anilines is 1.